The highest BCUT2D eigenvalue weighted by Gasteiger charge is 2.34. The van der Waals surface area contributed by atoms with E-state index in [0.29, 0.717) is 18.0 Å². The van der Waals surface area contributed by atoms with Gasteiger partial charge in [-0.05, 0) is 37.8 Å². The summed E-state index contributed by atoms with van der Waals surface area (Å²) in [4.78, 5) is 2.61. The van der Waals surface area contributed by atoms with Gasteiger partial charge < -0.3 is 5.73 Å². The molecule has 1 aliphatic rings. The standard InChI is InChI=1S/C16H26N2/c1-12(2)16(18-11-7-8-13(18)3)15(17)14-9-5-4-6-10-14/h4-6,9-10,12-13,15-16H,7-8,11,17H2,1-3H3. The summed E-state index contributed by atoms with van der Waals surface area (Å²) in [5.41, 5.74) is 7.80. The molecule has 3 unspecified atom stereocenters. The van der Waals surface area contributed by atoms with E-state index in [1.807, 2.05) is 0 Å². The van der Waals surface area contributed by atoms with Gasteiger partial charge >= 0.3 is 0 Å². The normalized spacial score (nSPS) is 24.4. The Labute approximate surface area is 111 Å². The first kappa shape index (κ1) is 13.6. The summed E-state index contributed by atoms with van der Waals surface area (Å²) >= 11 is 0. The molecule has 1 fully saturated rings. The lowest BCUT2D eigenvalue weighted by Crippen LogP contribution is -2.47. The van der Waals surface area contributed by atoms with Crippen molar-refractivity contribution in [2.24, 2.45) is 11.7 Å². The molecule has 0 radical (unpaired) electrons. The van der Waals surface area contributed by atoms with Crippen molar-refractivity contribution < 1.29 is 0 Å². The van der Waals surface area contributed by atoms with Crippen molar-refractivity contribution in [1.29, 1.82) is 0 Å². The molecule has 1 heterocycles. The van der Waals surface area contributed by atoms with Gasteiger partial charge in [-0.2, -0.15) is 0 Å². The SMILES string of the molecule is CC(C)C(C(N)c1ccccc1)N1CCCC1C. The Morgan fingerprint density at radius 3 is 2.39 bits per heavy atom. The molecule has 18 heavy (non-hydrogen) atoms. The van der Waals surface area contributed by atoms with Crippen LogP contribution in [-0.4, -0.2) is 23.5 Å². The molecule has 2 N–H and O–H groups in total. The van der Waals surface area contributed by atoms with Crippen LogP contribution in [0.5, 0.6) is 0 Å². The number of hydrogen-bond donors (Lipinski definition) is 1. The first-order chi connectivity index (χ1) is 8.61. The van der Waals surface area contributed by atoms with Gasteiger partial charge in [-0.15, -0.1) is 0 Å². The predicted molar refractivity (Wildman–Crippen MR) is 77.4 cm³/mol. The highest BCUT2D eigenvalue weighted by atomic mass is 15.2. The second-order valence-corrected chi connectivity index (χ2v) is 5.90. The van der Waals surface area contributed by atoms with E-state index in [1.54, 1.807) is 0 Å². The van der Waals surface area contributed by atoms with Crippen LogP contribution in [0.2, 0.25) is 0 Å². The van der Waals surface area contributed by atoms with Crippen LogP contribution in [0.4, 0.5) is 0 Å². The summed E-state index contributed by atoms with van der Waals surface area (Å²) in [5.74, 6) is 0.584. The minimum atomic E-state index is 0.117. The highest BCUT2D eigenvalue weighted by molar-refractivity contribution is 5.20. The lowest BCUT2D eigenvalue weighted by atomic mass is 9.90. The third-order valence-electron chi connectivity index (χ3n) is 4.22. The fraction of sp³-hybridized carbons (Fsp3) is 0.625. The maximum Gasteiger partial charge on any atom is 0.0455 e. The molecule has 2 heteroatoms. The molecule has 2 rings (SSSR count). The molecule has 1 aromatic carbocycles. The van der Waals surface area contributed by atoms with Gasteiger partial charge in [0.15, 0.2) is 0 Å². The first-order valence-electron chi connectivity index (χ1n) is 7.17. The molecule has 0 bridgehead atoms. The molecule has 100 valence electrons. The van der Waals surface area contributed by atoms with Gasteiger partial charge in [0.1, 0.15) is 0 Å². The highest BCUT2D eigenvalue weighted by Crippen LogP contribution is 2.30. The third-order valence-corrected chi connectivity index (χ3v) is 4.22. The monoisotopic (exact) mass is 246 g/mol. The molecule has 0 spiro atoms. The van der Waals surface area contributed by atoms with Crippen molar-refractivity contribution in [2.75, 3.05) is 6.54 Å². The van der Waals surface area contributed by atoms with Gasteiger partial charge in [0.2, 0.25) is 0 Å². The van der Waals surface area contributed by atoms with Crippen molar-refractivity contribution in [3.8, 4) is 0 Å². The van der Waals surface area contributed by atoms with E-state index in [4.69, 9.17) is 5.73 Å². The molecular weight excluding hydrogens is 220 g/mol. The van der Waals surface area contributed by atoms with Crippen molar-refractivity contribution in [1.82, 2.24) is 4.90 Å². The molecule has 3 atom stereocenters. The first-order valence-corrected chi connectivity index (χ1v) is 7.17. The third kappa shape index (κ3) is 2.76. The van der Waals surface area contributed by atoms with Crippen molar-refractivity contribution >= 4 is 0 Å². The summed E-state index contributed by atoms with van der Waals surface area (Å²) in [6, 6.07) is 11.8. The van der Waals surface area contributed by atoms with E-state index in [9.17, 15) is 0 Å². The minimum absolute atomic E-state index is 0.117. The Balaban J connectivity index is 2.20. The molecule has 0 amide bonds. The van der Waals surface area contributed by atoms with Gasteiger partial charge in [-0.25, -0.2) is 0 Å². The fourth-order valence-corrected chi connectivity index (χ4v) is 3.27. The number of nitrogens with two attached hydrogens (primary N) is 1. The molecule has 2 nitrogen and oxygen atoms in total. The van der Waals surface area contributed by atoms with Crippen molar-refractivity contribution in [3.63, 3.8) is 0 Å². The molecule has 0 saturated carbocycles. The summed E-state index contributed by atoms with van der Waals surface area (Å²) < 4.78 is 0. The Hall–Kier alpha value is -0.860. The van der Waals surface area contributed by atoms with Crippen LogP contribution in [0.3, 0.4) is 0 Å². The quantitative estimate of drug-likeness (QED) is 0.884. The number of likely N-dealkylation sites (tertiary alicyclic amines) is 1. The van der Waals surface area contributed by atoms with Crippen LogP contribution >= 0.6 is 0 Å². The van der Waals surface area contributed by atoms with E-state index < -0.39 is 0 Å². The van der Waals surface area contributed by atoms with E-state index in [2.05, 4.69) is 56.0 Å². The maximum absolute atomic E-state index is 6.54. The Morgan fingerprint density at radius 2 is 1.89 bits per heavy atom. The van der Waals surface area contributed by atoms with E-state index >= 15 is 0 Å². The maximum atomic E-state index is 6.54. The molecule has 1 saturated heterocycles. The summed E-state index contributed by atoms with van der Waals surface area (Å²) in [5, 5.41) is 0. The van der Waals surface area contributed by atoms with Gasteiger partial charge in [-0.3, -0.25) is 4.90 Å². The zero-order valence-corrected chi connectivity index (χ0v) is 11.8. The molecular formula is C16H26N2. The summed E-state index contributed by atoms with van der Waals surface area (Å²) in [7, 11) is 0. The van der Waals surface area contributed by atoms with Crippen molar-refractivity contribution in [2.45, 2.75) is 51.7 Å². The van der Waals surface area contributed by atoms with Crippen LogP contribution in [0.15, 0.2) is 30.3 Å². The second kappa shape index (κ2) is 5.85. The molecule has 0 aromatic heterocycles. The van der Waals surface area contributed by atoms with Crippen molar-refractivity contribution in [3.05, 3.63) is 35.9 Å². The van der Waals surface area contributed by atoms with E-state index in [0.717, 1.165) is 0 Å². The number of benzene rings is 1. The smallest absolute Gasteiger partial charge is 0.0455 e. The lowest BCUT2D eigenvalue weighted by molar-refractivity contribution is 0.124. The van der Waals surface area contributed by atoms with Gasteiger partial charge in [0.25, 0.3) is 0 Å². The van der Waals surface area contributed by atoms with Gasteiger partial charge in [0, 0.05) is 18.1 Å². The zero-order chi connectivity index (χ0) is 13.1. The molecule has 1 aliphatic heterocycles. The summed E-state index contributed by atoms with van der Waals surface area (Å²) in [6.07, 6.45) is 2.62. The number of rotatable bonds is 4. The minimum Gasteiger partial charge on any atom is -0.323 e. The van der Waals surface area contributed by atoms with Crippen LogP contribution in [0.1, 0.15) is 45.2 Å². The van der Waals surface area contributed by atoms with Crippen LogP contribution in [-0.2, 0) is 0 Å². The van der Waals surface area contributed by atoms with E-state index in [1.165, 1.54) is 24.9 Å². The Morgan fingerprint density at radius 1 is 1.22 bits per heavy atom. The molecule has 0 aliphatic carbocycles. The van der Waals surface area contributed by atoms with Crippen LogP contribution in [0.25, 0.3) is 0 Å². The van der Waals surface area contributed by atoms with Crippen LogP contribution < -0.4 is 5.73 Å². The number of hydrogen-bond acceptors (Lipinski definition) is 2. The van der Waals surface area contributed by atoms with Crippen LogP contribution in [0, 0.1) is 5.92 Å². The average Bonchev–Trinajstić information content (AvgIpc) is 2.76. The Bertz CT molecular complexity index is 361. The fourth-order valence-electron chi connectivity index (χ4n) is 3.27. The average molecular weight is 246 g/mol. The summed E-state index contributed by atoms with van der Waals surface area (Å²) in [6.45, 7) is 8.11. The zero-order valence-electron chi connectivity index (χ0n) is 11.8. The topological polar surface area (TPSA) is 29.3 Å². The van der Waals surface area contributed by atoms with Gasteiger partial charge in [-0.1, -0.05) is 44.2 Å². The van der Waals surface area contributed by atoms with Gasteiger partial charge in [0.05, 0.1) is 0 Å². The predicted octanol–water partition coefficient (Wildman–Crippen LogP) is 3.20. The van der Waals surface area contributed by atoms with E-state index in [-0.39, 0.29) is 6.04 Å². The number of nitrogens with zero attached hydrogens (tertiary/aromatic N) is 1. The largest absolute Gasteiger partial charge is 0.323 e. The molecule has 1 aromatic rings. The Kier molecular flexibility index (Phi) is 4.41. The second-order valence-electron chi connectivity index (χ2n) is 5.90. The lowest BCUT2D eigenvalue weighted by Gasteiger charge is -2.38.